The van der Waals surface area contributed by atoms with Gasteiger partial charge < -0.3 is 9.47 Å². The number of hydrogen-bond donors (Lipinski definition) is 1. The Labute approximate surface area is 184 Å². The molecule has 152 valence electrons. The summed E-state index contributed by atoms with van der Waals surface area (Å²) in [5, 5.41) is 4.75. The number of nitrogens with zero attached hydrogens (tertiary/aromatic N) is 2. The molecule has 0 saturated heterocycles. The molecule has 0 aromatic heterocycles. The zero-order chi connectivity index (χ0) is 21.1. The number of nitrogens with one attached hydrogen (secondary N) is 1. The van der Waals surface area contributed by atoms with Crippen molar-refractivity contribution in [2.75, 3.05) is 14.2 Å². The zero-order valence-corrected chi connectivity index (χ0v) is 18.7. The fraction of sp³-hybridized carbons (Fsp3) is 0.167. The van der Waals surface area contributed by atoms with E-state index in [1.807, 2.05) is 42.5 Å². The first-order chi connectivity index (χ1) is 14.6. The highest BCUT2D eigenvalue weighted by Gasteiger charge is 2.19. The van der Waals surface area contributed by atoms with Gasteiger partial charge in [-0.15, -0.1) is 0 Å². The van der Waals surface area contributed by atoms with Crippen molar-refractivity contribution in [1.82, 2.24) is 5.43 Å². The predicted octanol–water partition coefficient (Wildman–Crippen LogP) is 5.46. The van der Waals surface area contributed by atoms with Crippen LogP contribution in [0.15, 0.2) is 75.2 Å². The van der Waals surface area contributed by atoms with E-state index in [4.69, 9.17) is 19.6 Å². The molecule has 4 rings (SSSR count). The van der Waals surface area contributed by atoms with Gasteiger partial charge in [0, 0.05) is 21.2 Å². The Morgan fingerprint density at radius 3 is 2.30 bits per heavy atom. The van der Waals surface area contributed by atoms with Crippen LogP contribution < -0.4 is 14.9 Å². The van der Waals surface area contributed by atoms with Crippen LogP contribution in [0, 0.1) is 0 Å². The van der Waals surface area contributed by atoms with Crippen molar-refractivity contribution < 1.29 is 9.47 Å². The largest absolute Gasteiger partial charge is 0.493 e. The second-order valence-electron chi connectivity index (χ2n) is 6.81. The lowest BCUT2D eigenvalue weighted by Crippen LogP contribution is -2.19. The average Bonchev–Trinajstić information content (AvgIpc) is 2.98. The molecule has 3 aromatic rings. The molecule has 1 aliphatic heterocycles. The SMILES string of the molecule is CCc1ccc2c(c1)C(c1ccc(OC)c(OC)c1)=NNC(c1ccc(Br)cc1)=N2. The quantitative estimate of drug-likeness (QED) is 0.546. The third kappa shape index (κ3) is 3.96. The average molecular weight is 464 g/mol. The fourth-order valence-corrected chi connectivity index (χ4v) is 3.61. The van der Waals surface area contributed by atoms with Crippen molar-refractivity contribution in [2.24, 2.45) is 10.1 Å². The van der Waals surface area contributed by atoms with Crippen LogP contribution in [0.1, 0.15) is 29.2 Å². The number of amidine groups is 1. The highest BCUT2D eigenvalue weighted by atomic mass is 79.9. The minimum atomic E-state index is 0.657. The molecule has 3 aromatic carbocycles. The third-order valence-corrected chi connectivity index (χ3v) is 5.53. The second-order valence-corrected chi connectivity index (χ2v) is 7.73. The molecule has 0 saturated carbocycles. The molecule has 5 nitrogen and oxygen atoms in total. The summed E-state index contributed by atoms with van der Waals surface area (Å²) < 4.78 is 11.9. The number of benzene rings is 3. The van der Waals surface area contributed by atoms with Gasteiger partial charge in [-0.1, -0.05) is 41.1 Å². The first kappa shape index (κ1) is 20.2. The monoisotopic (exact) mass is 463 g/mol. The Morgan fingerprint density at radius 1 is 0.867 bits per heavy atom. The summed E-state index contributed by atoms with van der Waals surface area (Å²) in [5.41, 5.74) is 8.91. The normalized spacial score (nSPS) is 12.8. The van der Waals surface area contributed by atoms with Crippen molar-refractivity contribution in [1.29, 1.82) is 0 Å². The number of fused-ring (bicyclic) bond motifs is 1. The van der Waals surface area contributed by atoms with E-state index in [2.05, 4.69) is 46.5 Å². The Morgan fingerprint density at radius 2 is 1.60 bits per heavy atom. The summed E-state index contributed by atoms with van der Waals surface area (Å²) >= 11 is 3.48. The lowest BCUT2D eigenvalue weighted by molar-refractivity contribution is 0.355. The molecular weight excluding hydrogens is 442 g/mol. The lowest BCUT2D eigenvalue weighted by Gasteiger charge is -2.12. The van der Waals surface area contributed by atoms with Crippen molar-refractivity contribution in [2.45, 2.75) is 13.3 Å². The van der Waals surface area contributed by atoms with Crippen LogP contribution in [0.2, 0.25) is 0 Å². The maximum absolute atomic E-state index is 5.50. The van der Waals surface area contributed by atoms with E-state index in [1.165, 1.54) is 5.56 Å². The summed E-state index contributed by atoms with van der Waals surface area (Å²) in [6.45, 7) is 2.14. The highest BCUT2D eigenvalue weighted by molar-refractivity contribution is 9.10. The van der Waals surface area contributed by atoms with E-state index in [1.54, 1.807) is 14.2 Å². The summed E-state index contributed by atoms with van der Waals surface area (Å²) in [6, 6.07) is 20.1. The molecule has 1 heterocycles. The van der Waals surface area contributed by atoms with E-state index in [-0.39, 0.29) is 0 Å². The van der Waals surface area contributed by atoms with Gasteiger partial charge in [-0.25, -0.2) is 4.99 Å². The Bertz CT molecular complexity index is 1140. The first-order valence-electron chi connectivity index (χ1n) is 9.67. The number of methoxy groups -OCH3 is 2. The Balaban J connectivity index is 1.86. The molecule has 0 aliphatic carbocycles. The lowest BCUT2D eigenvalue weighted by atomic mass is 9.97. The highest BCUT2D eigenvalue weighted by Crippen LogP contribution is 2.32. The molecule has 1 aliphatic rings. The van der Waals surface area contributed by atoms with Crippen LogP contribution in [0.5, 0.6) is 11.5 Å². The zero-order valence-electron chi connectivity index (χ0n) is 17.1. The van der Waals surface area contributed by atoms with E-state index in [9.17, 15) is 0 Å². The van der Waals surface area contributed by atoms with Gasteiger partial charge in [-0.2, -0.15) is 5.10 Å². The van der Waals surface area contributed by atoms with Gasteiger partial charge in [0.2, 0.25) is 0 Å². The van der Waals surface area contributed by atoms with Crippen molar-refractivity contribution >= 4 is 33.2 Å². The van der Waals surface area contributed by atoms with Crippen LogP contribution in [-0.2, 0) is 6.42 Å². The third-order valence-electron chi connectivity index (χ3n) is 5.00. The van der Waals surface area contributed by atoms with Gasteiger partial charge in [-0.05, 0) is 54.4 Å². The minimum Gasteiger partial charge on any atom is -0.493 e. The van der Waals surface area contributed by atoms with Crippen LogP contribution in [0.25, 0.3) is 0 Å². The van der Waals surface area contributed by atoms with E-state index >= 15 is 0 Å². The molecule has 6 heteroatoms. The van der Waals surface area contributed by atoms with Crippen LogP contribution in [0.3, 0.4) is 0 Å². The molecule has 0 fully saturated rings. The standard InChI is InChI=1S/C24H22BrN3O2/c1-4-15-5-11-20-19(13-15)23(17-8-12-21(29-2)22(14-17)30-3)27-28-24(26-20)16-6-9-18(25)10-7-16/h5-14H,4H2,1-3H3,(H,26,28). The minimum absolute atomic E-state index is 0.657. The smallest absolute Gasteiger partial charge is 0.161 e. The number of halogens is 1. The van der Waals surface area contributed by atoms with Gasteiger partial charge in [0.15, 0.2) is 17.3 Å². The first-order valence-corrected chi connectivity index (χ1v) is 10.5. The maximum Gasteiger partial charge on any atom is 0.161 e. The molecule has 0 radical (unpaired) electrons. The van der Waals surface area contributed by atoms with Gasteiger partial charge in [0.25, 0.3) is 0 Å². The number of rotatable bonds is 5. The van der Waals surface area contributed by atoms with Crippen LogP contribution >= 0.6 is 15.9 Å². The molecular formula is C24H22BrN3O2. The van der Waals surface area contributed by atoms with Gasteiger partial charge in [-0.3, -0.25) is 5.43 Å². The predicted molar refractivity (Wildman–Crippen MR) is 124 cm³/mol. The molecule has 30 heavy (non-hydrogen) atoms. The molecule has 0 unspecified atom stereocenters. The Kier molecular flexibility index (Phi) is 5.86. The number of ether oxygens (including phenoxy) is 2. The molecule has 0 atom stereocenters. The van der Waals surface area contributed by atoms with Crippen molar-refractivity contribution in [3.05, 3.63) is 87.4 Å². The summed E-state index contributed by atoms with van der Waals surface area (Å²) in [5.74, 6) is 2.03. The van der Waals surface area contributed by atoms with Gasteiger partial charge >= 0.3 is 0 Å². The van der Waals surface area contributed by atoms with Gasteiger partial charge in [0.05, 0.1) is 19.9 Å². The number of aryl methyl sites for hydroxylation is 1. The summed E-state index contributed by atoms with van der Waals surface area (Å²) in [4.78, 5) is 4.89. The van der Waals surface area contributed by atoms with E-state index in [0.717, 1.165) is 39.0 Å². The second kappa shape index (κ2) is 8.71. The van der Waals surface area contributed by atoms with Crippen LogP contribution in [0.4, 0.5) is 5.69 Å². The Hall–Kier alpha value is -3.12. The molecule has 0 bridgehead atoms. The topological polar surface area (TPSA) is 55.2 Å². The number of hydrazone groups is 1. The number of aliphatic imine (C=N–C) groups is 1. The molecule has 0 amide bonds. The van der Waals surface area contributed by atoms with Crippen molar-refractivity contribution in [3.63, 3.8) is 0 Å². The van der Waals surface area contributed by atoms with Gasteiger partial charge in [0.1, 0.15) is 5.71 Å². The fourth-order valence-electron chi connectivity index (χ4n) is 3.35. The number of hydrogen-bond acceptors (Lipinski definition) is 5. The molecule has 0 spiro atoms. The summed E-state index contributed by atoms with van der Waals surface area (Å²) in [7, 11) is 3.26. The maximum atomic E-state index is 5.50. The van der Waals surface area contributed by atoms with Crippen LogP contribution in [-0.4, -0.2) is 25.8 Å². The molecule has 1 N–H and O–H groups in total. The van der Waals surface area contributed by atoms with E-state index < -0.39 is 0 Å². The van der Waals surface area contributed by atoms with E-state index in [0.29, 0.717) is 17.3 Å². The summed E-state index contributed by atoms with van der Waals surface area (Å²) in [6.07, 6.45) is 0.934. The van der Waals surface area contributed by atoms with Crippen molar-refractivity contribution in [3.8, 4) is 11.5 Å².